The standard InChI is InChI=1S/C17H26N4O2/c1-4-20(5-2)17(23)21-10-7-14(8-11-21)16(22)19-15-6-9-18-13(3)12-15/h6,9,12,14H,4-5,7-8,10-11H2,1-3H3,(H,18,19,22). The molecule has 1 N–H and O–H groups in total. The molecule has 1 aromatic heterocycles. The van der Waals surface area contributed by atoms with Gasteiger partial charge in [-0.2, -0.15) is 0 Å². The number of hydrogen-bond donors (Lipinski definition) is 1. The minimum absolute atomic E-state index is 0.0329. The first-order valence-corrected chi connectivity index (χ1v) is 8.32. The fourth-order valence-electron chi connectivity index (χ4n) is 2.89. The number of carbonyl (C=O) groups is 2. The number of nitrogens with one attached hydrogen (secondary N) is 1. The molecule has 2 heterocycles. The molecule has 0 aromatic carbocycles. The van der Waals surface area contributed by atoms with Gasteiger partial charge in [0.15, 0.2) is 0 Å². The highest BCUT2D eigenvalue weighted by Gasteiger charge is 2.28. The van der Waals surface area contributed by atoms with E-state index in [-0.39, 0.29) is 17.9 Å². The highest BCUT2D eigenvalue weighted by Crippen LogP contribution is 2.20. The van der Waals surface area contributed by atoms with Crippen LogP contribution in [0.4, 0.5) is 10.5 Å². The second-order valence-corrected chi connectivity index (χ2v) is 5.89. The van der Waals surface area contributed by atoms with Crippen LogP contribution in [-0.2, 0) is 4.79 Å². The Morgan fingerprint density at radius 3 is 2.52 bits per heavy atom. The molecule has 0 spiro atoms. The molecule has 0 unspecified atom stereocenters. The van der Waals surface area contributed by atoms with Gasteiger partial charge >= 0.3 is 6.03 Å². The quantitative estimate of drug-likeness (QED) is 0.927. The Hall–Kier alpha value is -2.11. The number of aryl methyl sites for hydroxylation is 1. The van der Waals surface area contributed by atoms with Crippen LogP contribution < -0.4 is 5.32 Å². The Morgan fingerprint density at radius 2 is 1.96 bits per heavy atom. The van der Waals surface area contributed by atoms with Gasteiger partial charge in [0.1, 0.15) is 0 Å². The first-order valence-electron chi connectivity index (χ1n) is 8.32. The molecule has 1 aromatic rings. The smallest absolute Gasteiger partial charge is 0.319 e. The van der Waals surface area contributed by atoms with Crippen LogP contribution in [0.15, 0.2) is 18.3 Å². The highest BCUT2D eigenvalue weighted by molar-refractivity contribution is 5.92. The average molecular weight is 318 g/mol. The molecule has 1 aliphatic heterocycles. The molecule has 1 fully saturated rings. The third-order valence-electron chi connectivity index (χ3n) is 4.33. The second-order valence-electron chi connectivity index (χ2n) is 5.89. The van der Waals surface area contributed by atoms with Crippen molar-refractivity contribution in [1.82, 2.24) is 14.8 Å². The maximum Gasteiger partial charge on any atom is 0.319 e. The van der Waals surface area contributed by atoms with E-state index in [0.29, 0.717) is 25.9 Å². The third kappa shape index (κ3) is 4.43. The van der Waals surface area contributed by atoms with Gasteiger partial charge in [0, 0.05) is 49.7 Å². The Balaban J connectivity index is 1.86. The molecule has 6 nitrogen and oxygen atoms in total. The van der Waals surface area contributed by atoms with Gasteiger partial charge in [-0.15, -0.1) is 0 Å². The Kier molecular flexibility index (Phi) is 5.96. The minimum atomic E-state index is -0.0378. The largest absolute Gasteiger partial charge is 0.326 e. The van der Waals surface area contributed by atoms with E-state index in [0.717, 1.165) is 24.5 Å². The number of carbonyl (C=O) groups excluding carboxylic acids is 2. The molecule has 0 saturated carbocycles. The molecule has 126 valence electrons. The van der Waals surface area contributed by atoms with Gasteiger partial charge in [-0.3, -0.25) is 9.78 Å². The predicted molar refractivity (Wildman–Crippen MR) is 90.2 cm³/mol. The number of rotatable bonds is 4. The van der Waals surface area contributed by atoms with Crippen molar-refractivity contribution in [2.75, 3.05) is 31.5 Å². The molecular weight excluding hydrogens is 292 g/mol. The summed E-state index contributed by atoms with van der Waals surface area (Å²) in [6.45, 7) is 8.59. The summed E-state index contributed by atoms with van der Waals surface area (Å²) < 4.78 is 0. The number of anilines is 1. The summed E-state index contributed by atoms with van der Waals surface area (Å²) >= 11 is 0. The maximum atomic E-state index is 12.4. The molecule has 2 rings (SSSR count). The normalized spacial score (nSPS) is 15.3. The highest BCUT2D eigenvalue weighted by atomic mass is 16.2. The fraction of sp³-hybridized carbons (Fsp3) is 0.588. The number of hydrogen-bond acceptors (Lipinski definition) is 3. The van der Waals surface area contributed by atoms with E-state index >= 15 is 0 Å². The van der Waals surface area contributed by atoms with E-state index < -0.39 is 0 Å². The van der Waals surface area contributed by atoms with E-state index in [9.17, 15) is 9.59 Å². The van der Waals surface area contributed by atoms with E-state index in [1.165, 1.54) is 0 Å². The van der Waals surface area contributed by atoms with Crippen LogP contribution in [0.3, 0.4) is 0 Å². The molecule has 1 aliphatic rings. The monoisotopic (exact) mass is 318 g/mol. The Morgan fingerprint density at radius 1 is 1.30 bits per heavy atom. The predicted octanol–water partition coefficient (Wildman–Crippen LogP) is 2.50. The molecule has 23 heavy (non-hydrogen) atoms. The lowest BCUT2D eigenvalue weighted by Gasteiger charge is -2.34. The lowest BCUT2D eigenvalue weighted by atomic mass is 9.96. The van der Waals surface area contributed by atoms with Crippen LogP contribution in [0.25, 0.3) is 0 Å². The van der Waals surface area contributed by atoms with E-state index in [2.05, 4.69) is 10.3 Å². The lowest BCUT2D eigenvalue weighted by Crippen LogP contribution is -2.47. The van der Waals surface area contributed by atoms with Crippen molar-refractivity contribution in [2.45, 2.75) is 33.6 Å². The molecular formula is C17H26N4O2. The van der Waals surface area contributed by atoms with Crippen LogP contribution >= 0.6 is 0 Å². The van der Waals surface area contributed by atoms with Gasteiger partial charge in [-0.1, -0.05) is 0 Å². The minimum Gasteiger partial charge on any atom is -0.326 e. The van der Waals surface area contributed by atoms with Gasteiger partial charge in [-0.25, -0.2) is 4.79 Å². The maximum absolute atomic E-state index is 12.4. The lowest BCUT2D eigenvalue weighted by molar-refractivity contribution is -0.121. The molecule has 0 bridgehead atoms. The van der Waals surface area contributed by atoms with Crippen molar-refractivity contribution >= 4 is 17.6 Å². The number of likely N-dealkylation sites (tertiary alicyclic amines) is 1. The van der Waals surface area contributed by atoms with Crippen molar-refractivity contribution in [3.63, 3.8) is 0 Å². The number of pyridine rings is 1. The number of piperidine rings is 1. The van der Waals surface area contributed by atoms with Crippen LogP contribution in [0, 0.1) is 12.8 Å². The molecule has 6 heteroatoms. The first-order chi connectivity index (χ1) is 11.0. The van der Waals surface area contributed by atoms with Crippen molar-refractivity contribution in [3.8, 4) is 0 Å². The van der Waals surface area contributed by atoms with Gasteiger partial charge < -0.3 is 15.1 Å². The average Bonchev–Trinajstić information content (AvgIpc) is 2.56. The summed E-state index contributed by atoms with van der Waals surface area (Å²) in [4.78, 5) is 32.5. The zero-order valence-electron chi connectivity index (χ0n) is 14.2. The SMILES string of the molecule is CCN(CC)C(=O)N1CCC(C(=O)Nc2ccnc(C)c2)CC1. The summed E-state index contributed by atoms with van der Waals surface area (Å²) in [5, 5.41) is 2.95. The number of nitrogens with zero attached hydrogens (tertiary/aromatic N) is 3. The van der Waals surface area contributed by atoms with Crippen molar-refractivity contribution in [2.24, 2.45) is 5.92 Å². The second kappa shape index (κ2) is 7.94. The number of urea groups is 1. The van der Waals surface area contributed by atoms with Gasteiger partial charge in [0.05, 0.1) is 0 Å². The molecule has 0 atom stereocenters. The fourth-order valence-corrected chi connectivity index (χ4v) is 2.89. The summed E-state index contributed by atoms with van der Waals surface area (Å²) in [5.41, 5.74) is 1.66. The zero-order valence-corrected chi connectivity index (χ0v) is 14.2. The summed E-state index contributed by atoms with van der Waals surface area (Å²) in [6, 6.07) is 3.74. The van der Waals surface area contributed by atoms with Gasteiger partial charge in [-0.05, 0) is 45.7 Å². The summed E-state index contributed by atoms with van der Waals surface area (Å²) in [7, 11) is 0. The Labute approximate surface area is 137 Å². The van der Waals surface area contributed by atoms with E-state index in [1.807, 2.05) is 36.6 Å². The van der Waals surface area contributed by atoms with Crippen LogP contribution in [0.5, 0.6) is 0 Å². The van der Waals surface area contributed by atoms with E-state index in [4.69, 9.17) is 0 Å². The zero-order chi connectivity index (χ0) is 16.8. The van der Waals surface area contributed by atoms with Crippen molar-refractivity contribution < 1.29 is 9.59 Å². The first kappa shape index (κ1) is 17.2. The molecule has 0 aliphatic carbocycles. The van der Waals surface area contributed by atoms with Gasteiger partial charge in [0.25, 0.3) is 0 Å². The van der Waals surface area contributed by atoms with Crippen LogP contribution in [0.1, 0.15) is 32.4 Å². The molecule has 0 radical (unpaired) electrons. The van der Waals surface area contributed by atoms with E-state index in [1.54, 1.807) is 12.3 Å². The number of amides is 3. The summed E-state index contributed by atoms with van der Waals surface area (Å²) in [6.07, 6.45) is 3.11. The van der Waals surface area contributed by atoms with Crippen LogP contribution in [0.2, 0.25) is 0 Å². The molecule has 3 amide bonds. The van der Waals surface area contributed by atoms with Crippen LogP contribution in [-0.4, -0.2) is 52.9 Å². The van der Waals surface area contributed by atoms with Gasteiger partial charge in [0.2, 0.25) is 5.91 Å². The topological polar surface area (TPSA) is 65.5 Å². The number of aromatic nitrogens is 1. The Bertz CT molecular complexity index is 549. The molecule has 1 saturated heterocycles. The van der Waals surface area contributed by atoms with Crippen molar-refractivity contribution in [3.05, 3.63) is 24.0 Å². The summed E-state index contributed by atoms with van der Waals surface area (Å²) in [5.74, 6) is -0.00485. The van der Waals surface area contributed by atoms with Crippen molar-refractivity contribution in [1.29, 1.82) is 0 Å². The third-order valence-corrected chi connectivity index (χ3v) is 4.33.